The van der Waals surface area contributed by atoms with Gasteiger partial charge in [-0.3, -0.25) is 4.79 Å². The molecule has 0 bridgehead atoms. The lowest BCUT2D eigenvalue weighted by Gasteiger charge is -2.29. The molecule has 2 aliphatic heterocycles. The molecule has 0 saturated carbocycles. The minimum absolute atomic E-state index is 0.00294. The molecule has 1 aromatic rings. The van der Waals surface area contributed by atoms with Crippen LogP contribution in [0.4, 0.5) is 5.69 Å². The van der Waals surface area contributed by atoms with E-state index in [1.807, 2.05) is 17.8 Å². The van der Waals surface area contributed by atoms with E-state index in [9.17, 15) is 4.79 Å². The van der Waals surface area contributed by atoms with Crippen LogP contribution in [0.15, 0.2) is 23.1 Å². The molecule has 2 heterocycles. The number of fused-ring (bicyclic) bond motifs is 1. The van der Waals surface area contributed by atoms with E-state index < -0.39 is 0 Å². The number of amides is 1. The summed E-state index contributed by atoms with van der Waals surface area (Å²) >= 11 is 1.95. The van der Waals surface area contributed by atoms with Gasteiger partial charge in [0, 0.05) is 35.7 Å². The zero-order valence-electron chi connectivity index (χ0n) is 12.0. The number of thioether (sulfide) groups is 1. The Balaban J connectivity index is 1.72. The molecular weight excluding hydrogens is 268 g/mol. The average Bonchev–Trinajstić information content (AvgIpc) is 2.82. The molecule has 1 amide bonds. The van der Waals surface area contributed by atoms with E-state index in [-0.39, 0.29) is 5.91 Å². The summed E-state index contributed by atoms with van der Waals surface area (Å²) in [6, 6.07) is 6.34. The van der Waals surface area contributed by atoms with E-state index in [4.69, 9.17) is 0 Å². The van der Waals surface area contributed by atoms with Crippen LogP contribution in [0.2, 0.25) is 0 Å². The van der Waals surface area contributed by atoms with Gasteiger partial charge in [-0.25, -0.2) is 0 Å². The van der Waals surface area contributed by atoms with Gasteiger partial charge in [0.05, 0.1) is 0 Å². The highest BCUT2D eigenvalue weighted by atomic mass is 32.2. The molecule has 1 atom stereocenters. The maximum atomic E-state index is 11.2. The highest BCUT2D eigenvalue weighted by molar-refractivity contribution is 7.99. The van der Waals surface area contributed by atoms with Crippen LogP contribution in [0.25, 0.3) is 0 Å². The summed E-state index contributed by atoms with van der Waals surface area (Å²) in [7, 11) is 0. The molecule has 3 rings (SSSR count). The monoisotopic (exact) mass is 290 g/mol. The lowest BCUT2D eigenvalue weighted by molar-refractivity contribution is -0.114. The highest BCUT2D eigenvalue weighted by Gasteiger charge is 2.26. The molecule has 1 fully saturated rings. The van der Waals surface area contributed by atoms with Crippen LogP contribution in [0.5, 0.6) is 0 Å². The summed E-state index contributed by atoms with van der Waals surface area (Å²) in [5.41, 5.74) is 2.36. The Morgan fingerprint density at radius 1 is 1.35 bits per heavy atom. The van der Waals surface area contributed by atoms with Crippen LogP contribution in [0, 0.1) is 0 Å². The highest BCUT2D eigenvalue weighted by Crippen LogP contribution is 2.41. The van der Waals surface area contributed by atoms with Crippen molar-refractivity contribution < 1.29 is 4.79 Å². The number of hydrogen-bond acceptors (Lipinski definition) is 3. The van der Waals surface area contributed by atoms with Crippen LogP contribution in [0.3, 0.4) is 0 Å². The number of carbonyl (C=O) groups excluding carboxylic acids is 1. The molecule has 1 N–H and O–H groups in total. The van der Waals surface area contributed by atoms with Crippen molar-refractivity contribution in [2.75, 3.05) is 30.7 Å². The van der Waals surface area contributed by atoms with Gasteiger partial charge < -0.3 is 10.2 Å². The maximum absolute atomic E-state index is 11.2. The number of benzene rings is 1. The second kappa shape index (κ2) is 6.19. The van der Waals surface area contributed by atoms with Crippen LogP contribution < -0.4 is 5.32 Å². The van der Waals surface area contributed by atoms with E-state index in [1.54, 1.807) is 6.92 Å². The van der Waals surface area contributed by atoms with Gasteiger partial charge in [-0.2, -0.15) is 0 Å². The van der Waals surface area contributed by atoms with Crippen molar-refractivity contribution in [1.82, 2.24) is 4.90 Å². The quantitative estimate of drug-likeness (QED) is 0.927. The number of nitrogens with one attached hydrogen (secondary N) is 1. The van der Waals surface area contributed by atoms with Crippen molar-refractivity contribution in [2.45, 2.75) is 37.0 Å². The Labute approximate surface area is 125 Å². The first-order valence-corrected chi connectivity index (χ1v) is 8.47. The van der Waals surface area contributed by atoms with Crippen molar-refractivity contribution >= 4 is 23.4 Å². The van der Waals surface area contributed by atoms with E-state index in [0.717, 1.165) is 5.69 Å². The summed E-state index contributed by atoms with van der Waals surface area (Å²) in [5, 5.41) is 2.90. The summed E-state index contributed by atoms with van der Waals surface area (Å²) in [6.45, 7) is 5.24. The van der Waals surface area contributed by atoms with E-state index in [2.05, 4.69) is 22.3 Å². The number of nitrogens with zero attached hydrogens (tertiary/aromatic N) is 1. The number of piperidine rings is 1. The van der Waals surface area contributed by atoms with Crippen molar-refractivity contribution in [1.29, 1.82) is 0 Å². The molecule has 3 nitrogen and oxygen atoms in total. The van der Waals surface area contributed by atoms with Crippen LogP contribution in [-0.4, -0.2) is 36.2 Å². The van der Waals surface area contributed by atoms with Gasteiger partial charge in [-0.15, -0.1) is 11.8 Å². The van der Waals surface area contributed by atoms with Crippen molar-refractivity contribution in [3.63, 3.8) is 0 Å². The second-order valence-corrected chi connectivity index (χ2v) is 6.86. The van der Waals surface area contributed by atoms with E-state index in [0.29, 0.717) is 5.92 Å². The smallest absolute Gasteiger partial charge is 0.221 e. The predicted molar refractivity (Wildman–Crippen MR) is 84.5 cm³/mol. The minimum Gasteiger partial charge on any atom is -0.326 e. The van der Waals surface area contributed by atoms with E-state index in [1.165, 1.54) is 55.1 Å². The van der Waals surface area contributed by atoms with E-state index >= 15 is 0 Å². The van der Waals surface area contributed by atoms with Crippen molar-refractivity contribution in [2.24, 2.45) is 0 Å². The molecule has 2 aliphatic rings. The third-order valence-electron chi connectivity index (χ3n) is 4.14. The maximum Gasteiger partial charge on any atom is 0.221 e. The molecule has 0 spiro atoms. The number of likely N-dealkylation sites (tertiary alicyclic amines) is 1. The fraction of sp³-hybridized carbons (Fsp3) is 0.562. The molecule has 0 radical (unpaired) electrons. The van der Waals surface area contributed by atoms with Gasteiger partial charge in [0.1, 0.15) is 0 Å². The normalized spacial score (nSPS) is 22.6. The van der Waals surface area contributed by atoms with Gasteiger partial charge in [0.15, 0.2) is 0 Å². The molecule has 1 aromatic carbocycles. The molecule has 108 valence electrons. The Bertz CT molecular complexity index is 497. The average molecular weight is 290 g/mol. The molecule has 1 saturated heterocycles. The Hall–Kier alpha value is -1.00. The lowest BCUT2D eigenvalue weighted by atomic mass is 9.99. The Morgan fingerprint density at radius 3 is 2.90 bits per heavy atom. The van der Waals surface area contributed by atoms with Gasteiger partial charge in [0.2, 0.25) is 5.91 Å². The standard InChI is InChI=1S/C16H22N2OS/c1-12(19)17-14-5-6-16-15(9-14)13(11-20-16)10-18-7-3-2-4-8-18/h5-6,9,13H,2-4,7-8,10-11H2,1H3,(H,17,19). The molecule has 0 aromatic heterocycles. The summed E-state index contributed by atoms with van der Waals surface area (Å²) < 4.78 is 0. The SMILES string of the molecule is CC(=O)Nc1ccc2c(c1)C(CN1CCCCC1)CS2. The Kier molecular flexibility index (Phi) is 4.32. The summed E-state index contributed by atoms with van der Waals surface area (Å²) in [4.78, 5) is 15.2. The fourth-order valence-electron chi connectivity index (χ4n) is 3.16. The van der Waals surface area contributed by atoms with Crippen molar-refractivity contribution in [3.8, 4) is 0 Å². The predicted octanol–water partition coefficient (Wildman–Crippen LogP) is 3.32. The zero-order chi connectivity index (χ0) is 13.9. The largest absolute Gasteiger partial charge is 0.326 e. The number of carbonyl (C=O) groups is 1. The third kappa shape index (κ3) is 3.18. The third-order valence-corrected chi connectivity index (χ3v) is 5.39. The molecule has 4 heteroatoms. The second-order valence-electron chi connectivity index (χ2n) is 5.80. The first kappa shape index (κ1) is 14.0. The fourth-order valence-corrected chi connectivity index (χ4v) is 4.39. The number of hydrogen-bond donors (Lipinski definition) is 1. The lowest BCUT2D eigenvalue weighted by Crippen LogP contribution is -2.33. The van der Waals surface area contributed by atoms with Crippen LogP contribution in [0.1, 0.15) is 37.7 Å². The topological polar surface area (TPSA) is 32.3 Å². The van der Waals surface area contributed by atoms with Gasteiger partial charge in [0.25, 0.3) is 0 Å². The summed E-state index contributed by atoms with van der Waals surface area (Å²) in [6.07, 6.45) is 4.08. The molecule has 0 aliphatic carbocycles. The summed E-state index contributed by atoms with van der Waals surface area (Å²) in [5.74, 6) is 1.79. The number of rotatable bonds is 3. The molecule has 20 heavy (non-hydrogen) atoms. The molecular formula is C16H22N2OS. The van der Waals surface area contributed by atoms with Crippen LogP contribution in [-0.2, 0) is 4.79 Å². The van der Waals surface area contributed by atoms with Crippen LogP contribution >= 0.6 is 11.8 Å². The molecule has 1 unspecified atom stereocenters. The van der Waals surface area contributed by atoms with Crippen molar-refractivity contribution in [3.05, 3.63) is 23.8 Å². The Morgan fingerprint density at radius 2 is 2.15 bits per heavy atom. The van der Waals surface area contributed by atoms with Gasteiger partial charge in [-0.05, 0) is 49.7 Å². The minimum atomic E-state index is 0.00294. The number of anilines is 1. The zero-order valence-corrected chi connectivity index (χ0v) is 12.8. The first-order chi connectivity index (χ1) is 9.72. The van der Waals surface area contributed by atoms with Gasteiger partial charge >= 0.3 is 0 Å². The first-order valence-electron chi connectivity index (χ1n) is 7.49. The van der Waals surface area contributed by atoms with Gasteiger partial charge in [-0.1, -0.05) is 6.42 Å².